The van der Waals surface area contributed by atoms with Crippen LogP contribution in [0.4, 0.5) is 18.3 Å². The summed E-state index contributed by atoms with van der Waals surface area (Å²) in [5.41, 5.74) is -2.23. The number of para-hydroxylation sites is 1. The van der Waals surface area contributed by atoms with Crippen molar-refractivity contribution in [3.8, 4) is 0 Å². The predicted molar refractivity (Wildman–Crippen MR) is 101 cm³/mol. The molecule has 1 N–H and O–H groups in total. The van der Waals surface area contributed by atoms with Gasteiger partial charge in [-0.3, -0.25) is 0 Å². The fraction of sp³-hybridized carbons (Fsp3) is 0.579. The number of alkyl halides is 3. The summed E-state index contributed by atoms with van der Waals surface area (Å²) in [7, 11) is 0. The Kier molecular flexibility index (Phi) is 4.09. The molecule has 0 radical (unpaired) electrons. The zero-order valence-electron chi connectivity index (χ0n) is 15.4. The lowest BCUT2D eigenvalue weighted by atomic mass is 9.66. The molecule has 0 amide bonds. The third kappa shape index (κ3) is 2.76. The Morgan fingerprint density at radius 2 is 1.89 bits per heavy atom. The minimum Gasteiger partial charge on any atom is -0.362 e. The van der Waals surface area contributed by atoms with Crippen LogP contribution in [0.1, 0.15) is 40.0 Å². The van der Waals surface area contributed by atoms with Gasteiger partial charge in [0.2, 0.25) is 5.13 Å². The highest BCUT2D eigenvalue weighted by atomic mass is 32.1. The van der Waals surface area contributed by atoms with E-state index < -0.39 is 17.8 Å². The molecule has 1 aliphatic heterocycles. The lowest BCUT2D eigenvalue weighted by Gasteiger charge is -2.41. The van der Waals surface area contributed by atoms with Gasteiger partial charge in [0.05, 0.1) is 21.8 Å². The van der Waals surface area contributed by atoms with Gasteiger partial charge in [0.15, 0.2) is 0 Å². The van der Waals surface area contributed by atoms with E-state index in [-0.39, 0.29) is 22.9 Å². The van der Waals surface area contributed by atoms with Crippen molar-refractivity contribution in [3.63, 3.8) is 0 Å². The molecule has 0 bridgehead atoms. The van der Waals surface area contributed by atoms with E-state index in [0.29, 0.717) is 17.6 Å². The first-order valence-electron chi connectivity index (χ1n) is 9.07. The van der Waals surface area contributed by atoms with Crippen LogP contribution in [0.25, 0.3) is 10.2 Å². The second-order valence-corrected chi connectivity index (χ2v) is 9.44. The van der Waals surface area contributed by atoms with E-state index in [1.165, 1.54) is 0 Å². The number of aromatic nitrogens is 1. The van der Waals surface area contributed by atoms with Crippen molar-refractivity contribution in [2.75, 3.05) is 5.01 Å². The molecule has 27 heavy (non-hydrogen) atoms. The van der Waals surface area contributed by atoms with Gasteiger partial charge < -0.3 is 5.11 Å². The van der Waals surface area contributed by atoms with Crippen LogP contribution in [-0.4, -0.2) is 27.7 Å². The van der Waals surface area contributed by atoms with Crippen molar-refractivity contribution in [1.29, 1.82) is 0 Å². The Bertz CT molecular complexity index is 868. The highest BCUT2D eigenvalue weighted by Crippen LogP contribution is 2.53. The maximum atomic E-state index is 14.1. The fourth-order valence-corrected chi connectivity index (χ4v) is 5.26. The lowest BCUT2D eigenvalue weighted by Crippen LogP contribution is -2.61. The molecule has 1 aliphatic carbocycles. The summed E-state index contributed by atoms with van der Waals surface area (Å²) < 4.78 is 43.2. The molecule has 2 aliphatic rings. The van der Waals surface area contributed by atoms with Gasteiger partial charge in [-0.15, -0.1) is 0 Å². The summed E-state index contributed by atoms with van der Waals surface area (Å²) in [5.74, 6) is -1.17. The summed E-state index contributed by atoms with van der Waals surface area (Å²) in [6.07, 6.45) is -3.17. The van der Waals surface area contributed by atoms with E-state index in [9.17, 15) is 18.3 Å². The normalized spacial score (nSPS) is 29.1. The zero-order valence-corrected chi connectivity index (χ0v) is 16.2. The molecule has 8 heteroatoms. The molecular formula is C19H22F3N3OS. The van der Waals surface area contributed by atoms with E-state index in [2.05, 4.69) is 10.1 Å². The van der Waals surface area contributed by atoms with E-state index in [4.69, 9.17) is 0 Å². The molecular weight excluding hydrogens is 375 g/mol. The molecule has 0 spiro atoms. The van der Waals surface area contributed by atoms with Crippen molar-refractivity contribution in [1.82, 2.24) is 4.98 Å². The maximum absolute atomic E-state index is 14.1. The zero-order chi connectivity index (χ0) is 19.6. The molecule has 4 rings (SSSR count). The van der Waals surface area contributed by atoms with Gasteiger partial charge in [-0.1, -0.05) is 50.7 Å². The standard InChI is InChI=1S/C19H22F3N3OS/c1-17(2,3)11-7-6-8-12-15(11)24-25(18(12,26)19(20,21)22)16-23-13-9-4-5-10-14(13)27-16/h4-5,9-12,26H,6-8H2,1-3H3. The van der Waals surface area contributed by atoms with E-state index >= 15 is 0 Å². The van der Waals surface area contributed by atoms with Gasteiger partial charge in [-0.2, -0.15) is 23.3 Å². The second-order valence-electron chi connectivity index (χ2n) is 8.43. The molecule has 146 valence electrons. The number of fused-ring (bicyclic) bond motifs is 2. The van der Waals surface area contributed by atoms with Gasteiger partial charge in [0.25, 0.3) is 5.72 Å². The fourth-order valence-electron chi connectivity index (χ4n) is 4.28. The molecule has 3 atom stereocenters. The van der Waals surface area contributed by atoms with E-state index in [0.717, 1.165) is 27.5 Å². The first-order valence-corrected chi connectivity index (χ1v) is 9.88. The molecule has 2 heterocycles. The third-order valence-electron chi connectivity index (χ3n) is 5.65. The van der Waals surface area contributed by atoms with Gasteiger partial charge >= 0.3 is 6.18 Å². The number of aliphatic hydroxyl groups is 1. The number of hydrogen-bond donors (Lipinski definition) is 1. The SMILES string of the molecule is CC(C)(C)C1CCCC2C1=NN(c1nc3ccccc3s1)C2(O)C(F)(F)F. The van der Waals surface area contributed by atoms with Crippen LogP contribution in [0.3, 0.4) is 0 Å². The first kappa shape index (κ1) is 18.7. The average molecular weight is 397 g/mol. The van der Waals surface area contributed by atoms with E-state index in [1.807, 2.05) is 26.8 Å². The number of hydrazone groups is 1. The highest BCUT2D eigenvalue weighted by Gasteiger charge is 2.69. The monoisotopic (exact) mass is 397 g/mol. The Balaban J connectivity index is 1.88. The van der Waals surface area contributed by atoms with Crippen LogP contribution in [0.2, 0.25) is 0 Å². The molecule has 1 aromatic heterocycles. The first-order chi connectivity index (χ1) is 12.5. The van der Waals surface area contributed by atoms with Crippen molar-refractivity contribution in [3.05, 3.63) is 24.3 Å². The van der Waals surface area contributed by atoms with Crippen LogP contribution in [0.5, 0.6) is 0 Å². The predicted octanol–water partition coefficient (Wildman–Crippen LogP) is 5.19. The molecule has 2 aromatic rings. The Morgan fingerprint density at radius 1 is 1.19 bits per heavy atom. The molecule has 1 fully saturated rings. The third-order valence-corrected chi connectivity index (χ3v) is 6.66. The Hall–Kier alpha value is -1.67. The van der Waals surface area contributed by atoms with Crippen molar-refractivity contribution < 1.29 is 18.3 Å². The minimum atomic E-state index is -4.85. The van der Waals surface area contributed by atoms with Gasteiger partial charge in [-0.25, -0.2) is 4.98 Å². The maximum Gasteiger partial charge on any atom is 0.439 e. The summed E-state index contributed by atoms with van der Waals surface area (Å²) >= 11 is 1.11. The summed E-state index contributed by atoms with van der Waals surface area (Å²) in [5, 5.41) is 16.2. The van der Waals surface area contributed by atoms with Gasteiger partial charge in [0, 0.05) is 5.92 Å². The number of benzene rings is 1. The summed E-state index contributed by atoms with van der Waals surface area (Å²) in [4.78, 5) is 4.33. The lowest BCUT2D eigenvalue weighted by molar-refractivity contribution is -0.269. The second kappa shape index (κ2) is 5.91. The summed E-state index contributed by atoms with van der Waals surface area (Å²) in [6, 6.07) is 7.15. The largest absolute Gasteiger partial charge is 0.439 e. The topological polar surface area (TPSA) is 48.7 Å². The van der Waals surface area contributed by atoms with Gasteiger partial charge in [-0.05, 0) is 30.4 Å². The van der Waals surface area contributed by atoms with Crippen LogP contribution >= 0.6 is 11.3 Å². The minimum absolute atomic E-state index is 0.0746. The number of nitrogens with zero attached hydrogens (tertiary/aromatic N) is 3. The van der Waals surface area contributed by atoms with Crippen molar-refractivity contribution >= 4 is 32.4 Å². The van der Waals surface area contributed by atoms with Crippen LogP contribution in [-0.2, 0) is 0 Å². The molecule has 1 saturated carbocycles. The number of anilines is 1. The molecule has 4 nitrogen and oxygen atoms in total. The number of hydrogen-bond acceptors (Lipinski definition) is 5. The Morgan fingerprint density at radius 3 is 2.52 bits per heavy atom. The Labute approximate surface area is 159 Å². The van der Waals surface area contributed by atoms with Crippen LogP contribution in [0, 0.1) is 17.3 Å². The molecule has 1 aromatic carbocycles. The number of rotatable bonds is 1. The van der Waals surface area contributed by atoms with Crippen LogP contribution in [0.15, 0.2) is 29.4 Å². The average Bonchev–Trinajstić information content (AvgIpc) is 3.13. The van der Waals surface area contributed by atoms with Crippen molar-refractivity contribution in [2.24, 2.45) is 22.4 Å². The van der Waals surface area contributed by atoms with Gasteiger partial charge in [0.1, 0.15) is 0 Å². The van der Waals surface area contributed by atoms with Crippen LogP contribution < -0.4 is 5.01 Å². The molecule has 3 unspecified atom stereocenters. The number of thiazole rings is 1. The number of halogens is 3. The smallest absolute Gasteiger partial charge is 0.362 e. The quantitative estimate of drug-likeness (QED) is 0.721. The highest BCUT2D eigenvalue weighted by molar-refractivity contribution is 7.22. The summed E-state index contributed by atoms with van der Waals surface area (Å²) in [6.45, 7) is 6.03. The molecule has 0 saturated heterocycles. The van der Waals surface area contributed by atoms with E-state index in [1.54, 1.807) is 18.2 Å². The van der Waals surface area contributed by atoms with Crippen molar-refractivity contribution in [2.45, 2.75) is 51.9 Å².